The second-order valence-electron chi connectivity index (χ2n) is 7.17. The van der Waals surface area contributed by atoms with Crippen LogP contribution in [0.2, 0.25) is 0 Å². The van der Waals surface area contributed by atoms with Gasteiger partial charge in [-0.1, -0.05) is 43.0 Å². The zero-order valence-electron chi connectivity index (χ0n) is 18.2. The van der Waals surface area contributed by atoms with Crippen LogP contribution >= 0.6 is 0 Å². The van der Waals surface area contributed by atoms with E-state index in [9.17, 15) is 13.2 Å². The molecule has 0 bridgehead atoms. The molecule has 3 aromatic carbocycles. The predicted molar refractivity (Wildman–Crippen MR) is 131 cm³/mol. The molecule has 0 atom stereocenters. The summed E-state index contributed by atoms with van der Waals surface area (Å²) in [4.78, 5) is 12.4. The minimum atomic E-state index is -3.47. The molecular weight excluding hydrogens is 438 g/mol. The Bertz CT molecular complexity index is 1210. The zero-order valence-corrected chi connectivity index (χ0v) is 19.0. The van der Waals surface area contributed by atoms with E-state index in [4.69, 9.17) is 4.74 Å². The van der Waals surface area contributed by atoms with Gasteiger partial charge in [0.15, 0.2) is 0 Å². The predicted octanol–water partition coefficient (Wildman–Crippen LogP) is 3.98. The molecule has 3 aromatic rings. The highest BCUT2D eigenvalue weighted by atomic mass is 32.2. The SMILES string of the molecule is C=CCOc1ccc(/C=N\NC(=O)c2ccc(CN(c3ccccc3)S(C)(=O)=O)cc2)cc1. The number of nitrogens with one attached hydrogen (secondary N) is 1. The van der Waals surface area contributed by atoms with E-state index < -0.39 is 10.0 Å². The van der Waals surface area contributed by atoms with Gasteiger partial charge in [0.25, 0.3) is 5.91 Å². The molecule has 3 rings (SSSR count). The number of sulfonamides is 1. The van der Waals surface area contributed by atoms with Crippen molar-refractivity contribution in [3.05, 3.63) is 108 Å². The number of ether oxygens (including phenoxy) is 1. The Morgan fingerprint density at radius 1 is 1.03 bits per heavy atom. The van der Waals surface area contributed by atoms with Gasteiger partial charge in [-0.15, -0.1) is 0 Å². The van der Waals surface area contributed by atoms with Crippen LogP contribution in [0, 0.1) is 0 Å². The summed E-state index contributed by atoms with van der Waals surface area (Å²) in [6, 6.07) is 22.9. The highest BCUT2D eigenvalue weighted by Gasteiger charge is 2.17. The molecule has 1 amide bonds. The maximum atomic E-state index is 12.4. The molecular formula is C25H25N3O4S. The fraction of sp³-hybridized carbons (Fsp3) is 0.120. The van der Waals surface area contributed by atoms with Crippen LogP contribution in [0.15, 0.2) is 96.6 Å². The number of para-hydroxylation sites is 1. The molecule has 33 heavy (non-hydrogen) atoms. The number of benzene rings is 3. The van der Waals surface area contributed by atoms with Gasteiger partial charge in [0.2, 0.25) is 10.0 Å². The van der Waals surface area contributed by atoms with E-state index in [1.54, 1.807) is 66.7 Å². The van der Waals surface area contributed by atoms with E-state index in [2.05, 4.69) is 17.1 Å². The van der Waals surface area contributed by atoms with Crippen LogP contribution in [0.5, 0.6) is 5.75 Å². The second kappa shape index (κ2) is 11.1. The maximum Gasteiger partial charge on any atom is 0.271 e. The minimum absolute atomic E-state index is 0.162. The molecule has 8 heteroatoms. The highest BCUT2D eigenvalue weighted by Crippen LogP contribution is 2.20. The van der Waals surface area contributed by atoms with Crippen molar-refractivity contribution in [1.82, 2.24) is 5.43 Å². The first-order valence-corrected chi connectivity index (χ1v) is 12.0. The van der Waals surface area contributed by atoms with Gasteiger partial charge < -0.3 is 4.74 Å². The van der Waals surface area contributed by atoms with Crippen LogP contribution < -0.4 is 14.5 Å². The topological polar surface area (TPSA) is 88.1 Å². The van der Waals surface area contributed by atoms with E-state index >= 15 is 0 Å². The fourth-order valence-corrected chi connectivity index (χ4v) is 3.85. The molecule has 0 saturated heterocycles. The second-order valence-corrected chi connectivity index (χ2v) is 9.08. The number of rotatable bonds is 10. The highest BCUT2D eigenvalue weighted by molar-refractivity contribution is 7.92. The Labute approximate surface area is 194 Å². The number of carbonyl (C=O) groups excluding carboxylic acids is 1. The molecule has 0 spiro atoms. The normalized spacial score (nSPS) is 11.2. The lowest BCUT2D eigenvalue weighted by Crippen LogP contribution is -2.29. The molecule has 0 aliphatic rings. The van der Waals surface area contributed by atoms with E-state index in [1.165, 1.54) is 16.8 Å². The van der Waals surface area contributed by atoms with Crippen LogP contribution in [0.25, 0.3) is 0 Å². The molecule has 0 heterocycles. The van der Waals surface area contributed by atoms with Crippen molar-refractivity contribution in [2.75, 3.05) is 17.2 Å². The van der Waals surface area contributed by atoms with Gasteiger partial charge in [0.05, 0.1) is 24.7 Å². The Hall–Kier alpha value is -3.91. The van der Waals surface area contributed by atoms with Crippen molar-refractivity contribution in [3.8, 4) is 5.75 Å². The number of anilines is 1. The Morgan fingerprint density at radius 2 is 1.70 bits per heavy atom. The molecule has 1 N–H and O–H groups in total. The van der Waals surface area contributed by atoms with Crippen molar-refractivity contribution < 1.29 is 17.9 Å². The van der Waals surface area contributed by atoms with Gasteiger partial charge >= 0.3 is 0 Å². The van der Waals surface area contributed by atoms with Crippen LogP contribution in [0.4, 0.5) is 5.69 Å². The third-order valence-corrected chi connectivity index (χ3v) is 5.76. The molecule has 0 saturated carbocycles. The molecule has 0 aromatic heterocycles. The van der Waals surface area contributed by atoms with Crippen molar-refractivity contribution in [1.29, 1.82) is 0 Å². The van der Waals surface area contributed by atoms with E-state index in [0.29, 0.717) is 17.9 Å². The number of carbonyl (C=O) groups is 1. The average molecular weight is 464 g/mol. The molecule has 0 radical (unpaired) electrons. The van der Waals surface area contributed by atoms with Crippen LogP contribution in [0.3, 0.4) is 0 Å². The maximum absolute atomic E-state index is 12.4. The zero-order chi connectivity index (χ0) is 23.7. The van der Waals surface area contributed by atoms with Gasteiger partial charge in [-0.2, -0.15) is 5.10 Å². The Kier molecular flexibility index (Phi) is 7.99. The van der Waals surface area contributed by atoms with E-state index in [1.807, 2.05) is 18.2 Å². The smallest absolute Gasteiger partial charge is 0.271 e. The lowest BCUT2D eigenvalue weighted by atomic mass is 10.1. The van der Waals surface area contributed by atoms with E-state index in [0.717, 1.165) is 16.9 Å². The number of hydrogen-bond acceptors (Lipinski definition) is 5. The summed E-state index contributed by atoms with van der Waals surface area (Å²) in [6.07, 6.45) is 4.37. The Balaban J connectivity index is 1.60. The summed E-state index contributed by atoms with van der Waals surface area (Å²) in [7, 11) is -3.47. The minimum Gasteiger partial charge on any atom is -0.490 e. The standard InChI is InChI=1S/C25H25N3O4S/c1-3-17-32-24-15-11-20(12-16-24)18-26-27-25(29)22-13-9-21(10-14-22)19-28(33(2,30)31)23-7-5-4-6-8-23/h3-16,18H,1,17,19H2,2H3,(H,27,29)/b26-18-. The molecule has 170 valence electrons. The molecule has 7 nitrogen and oxygen atoms in total. The largest absolute Gasteiger partial charge is 0.490 e. The van der Waals surface area contributed by atoms with Crippen LogP contribution in [-0.4, -0.2) is 33.4 Å². The summed E-state index contributed by atoms with van der Waals surface area (Å²) < 4.78 is 31.2. The first-order valence-electron chi connectivity index (χ1n) is 10.2. The first kappa shape index (κ1) is 23.7. The van der Waals surface area contributed by atoms with Crippen molar-refractivity contribution in [3.63, 3.8) is 0 Å². The van der Waals surface area contributed by atoms with E-state index in [-0.39, 0.29) is 12.5 Å². The van der Waals surface area contributed by atoms with Gasteiger partial charge in [-0.3, -0.25) is 9.10 Å². The summed E-state index contributed by atoms with van der Waals surface area (Å²) in [5.41, 5.74) is 5.04. The third kappa shape index (κ3) is 7.05. The lowest BCUT2D eigenvalue weighted by Gasteiger charge is -2.22. The van der Waals surface area contributed by atoms with Crippen LogP contribution in [-0.2, 0) is 16.6 Å². The van der Waals surface area contributed by atoms with Crippen molar-refractivity contribution >= 4 is 27.8 Å². The van der Waals surface area contributed by atoms with Crippen molar-refractivity contribution in [2.24, 2.45) is 5.10 Å². The number of hydrogen-bond donors (Lipinski definition) is 1. The van der Waals surface area contributed by atoms with Gasteiger partial charge in [0, 0.05) is 5.56 Å². The third-order valence-electron chi connectivity index (χ3n) is 4.61. The van der Waals surface area contributed by atoms with Gasteiger partial charge in [-0.25, -0.2) is 13.8 Å². The number of amides is 1. The first-order chi connectivity index (χ1) is 15.9. The molecule has 0 aliphatic heterocycles. The van der Waals surface area contributed by atoms with Gasteiger partial charge in [-0.05, 0) is 59.7 Å². The number of nitrogens with zero attached hydrogens (tertiary/aromatic N) is 2. The summed E-state index contributed by atoms with van der Waals surface area (Å²) in [6.45, 7) is 4.20. The quantitative estimate of drug-likeness (QED) is 0.280. The molecule has 0 fully saturated rings. The average Bonchev–Trinajstić information content (AvgIpc) is 2.82. The van der Waals surface area contributed by atoms with Crippen molar-refractivity contribution in [2.45, 2.75) is 6.54 Å². The molecule has 0 unspecified atom stereocenters. The fourth-order valence-electron chi connectivity index (χ4n) is 2.96. The number of hydrazone groups is 1. The summed E-state index contributed by atoms with van der Waals surface area (Å²) >= 11 is 0. The summed E-state index contributed by atoms with van der Waals surface area (Å²) in [5.74, 6) is 0.352. The Morgan fingerprint density at radius 3 is 2.30 bits per heavy atom. The van der Waals surface area contributed by atoms with Gasteiger partial charge in [0.1, 0.15) is 12.4 Å². The lowest BCUT2D eigenvalue weighted by molar-refractivity contribution is 0.0955. The summed E-state index contributed by atoms with van der Waals surface area (Å²) in [5, 5.41) is 3.98. The monoisotopic (exact) mass is 463 g/mol. The van der Waals surface area contributed by atoms with Crippen LogP contribution in [0.1, 0.15) is 21.5 Å². The molecule has 0 aliphatic carbocycles.